The Balaban J connectivity index is 0.00000288. The number of nitrogens with one attached hydrogen (secondary N) is 2. The molecule has 7 nitrogen and oxygen atoms in total. The predicted molar refractivity (Wildman–Crippen MR) is 106 cm³/mol. The van der Waals surface area contributed by atoms with Crippen molar-refractivity contribution in [3.63, 3.8) is 0 Å². The normalized spacial score (nSPS) is 12.2. The molecule has 24 heavy (non-hydrogen) atoms. The highest BCUT2D eigenvalue weighted by molar-refractivity contribution is 14.0. The quantitative estimate of drug-likeness (QED) is 0.404. The van der Waals surface area contributed by atoms with Gasteiger partial charge in [0.15, 0.2) is 11.8 Å². The Morgan fingerprint density at radius 2 is 2.17 bits per heavy atom. The number of ether oxygens (including phenoxy) is 1. The fourth-order valence-corrected chi connectivity index (χ4v) is 2.05. The van der Waals surface area contributed by atoms with Gasteiger partial charge in [0.2, 0.25) is 0 Å². The molecule has 2 rings (SSSR count). The third kappa shape index (κ3) is 6.34. The molecule has 1 unspecified atom stereocenters. The molecule has 0 aliphatic heterocycles. The summed E-state index contributed by atoms with van der Waals surface area (Å²) >= 11 is 0. The minimum atomic E-state index is 0. The molecule has 1 aromatic carbocycles. The van der Waals surface area contributed by atoms with E-state index in [9.17, 15) is 0 Å². The Hall–Kier alpha value is -1.84. The van der Waals surface area contributed by atoms with Crippen LogP contribution in [0, 0.1) is 6.92 Å². The van der Waals surface area contributed by atoms with E-state index in [4.69, 9.17) is 4.74 Å². The Morgan fingerprint density at radius 1 is 1.38 bits per heavy atom. The van der Waals surface area contributed by atoms with Gasteiger partial charge < -0.3 is 19.9 Å². The summed E-state index contributed by atoms with van der Waals surface area (Å²) in [6, 6.07) is 8.03. The predicted octanol–water partition coefficient (Wildman–Crippen LogP) is 1.87. The summed E-state index contributed by atoms with van der Waals surface area (Å²) in [6.07, 6.45) is 1.69. The van der Waals surface area contributed by atoms with E-state index in [1.807, 2.05) is 49.7 Å². The van der Waals surface area contributed by atoms with Crippen molar-refractivity contribution in [1.29, 1.82) is 0 Å². The smallest absolute Gasteiger partial charge is 0.191 e. The maximum atomic E-state index is 5.89. The molecule has 0 aliphatic carbocycles. The molecule has 132 valence electrons. The summed E-state index contributed by atoms with van der Waals surface area (Å²) in [4.78, 5) is 4.19. The van der Waals surface area contributed by atoms with Crippen LogP contribution in [0.3, 0.4) is 0 Å². The van der Waals surface area contributed by atoms with Crippen LogP contribution in [-0.4, -0.2) is 40.4 Å². The van der Waals surface area contributed by atoms with Crippen molar-refractivity contribution in [3.8, 4) is 5.75 Å². The molecule has 0 saturated carbocycles. The molecule has 0 fully saturated rings. The fourth-order valence-electron chi connectivity index (χ4n) is 2.05. The maximum absolute atomic E-state index is 5.89. The number of nitrogens with zero attached hydrogens (tertiary/aromatic N) is 4. The molecule has 0 radical (unpaired) electrons. The van der Waals surface area contributed by atoms with Crippen molar-refractivity contribution >= 4 is 29.9 Å². The van der Waals surface area contributed by atoms with Crippen LogP contribution in [0.15, 0.2) is 35.6 Å². The summed E-state index contributed by atoms with van der Waals surface area (Å²) < 4.78 is 7.75. The third-order valence-corrected chi connectivity index (χ3v) is 3.33. The van der Waals surface area contributed by atoms with Gasteiger partial charge in [0.25, 0.3) is 0 Å². The van der Waals surface area contributed by atoms with Gasteiger partial charge in [-0.3, -0.25) is 4.99 Å². The molecule has 2 aromatic rings. The molecule has 0 spiro atoms. The van der Waals surface area contributed by atoms with E-state index in [1.165, 1.54) is 5.56 Å². The van der Waals surface area contributed by atoms with Gasteiger partial charge >= 0.3 is 0 Å². The monoisotopic (exact) mass is 444 g/mol. The molecule has 0 amide bonds. The second-order valence-corrected chi connectivity index (χ2v) is 5.41. The van der Waals surface area contributed by atoms with Crippen LogP contribution < -0.4 is 15.4 Å². The largest absolute Gasteiger partial charge is 0.489 e. The highest BCUT2D eigenvalue weighted by Crippen LogP contribution is 2.13. The fraction of sp³-hybridized carbons (Fsp3) is 0.438. The summed E-state index contributed by atoms with van der Waals surface area (Å²) in [7, 11) is 3.64. The molecule has 0 aliphatic rings. The molecule has 2 N–H and O–H groups in total. The van der Waals surface area contributed by atoms with Crippen LogP contribution in [0.5, 0.6) is 5.75 Å². The zero-order valence-electron chi connectivity index (χ0n) is 14.5. The molecule has 1 atom stereocenters. The van der Waals surface area contributed by atoms with Crippen LogP contribution in [0.4, 0.5) is 0 Å². The average molecular weight is 444 g/mol. The Kier molecular flexibility index (Phi) is 8.51. The zero-order chi connectivity index (χ0) is 16.7. The van der Waals surface area contributed by atoms with Crippen LogP contribution in [0.2, 0.25) is 0 Å². The number of aromatic nitrogens is 3. The summed E-state index contributed by atoms with van der Waals surface area (Å²) in [5.41, 5.74) is 1.18. The summed E-state index contributed by atoms with van der Waals surface area (Å²) in [5, 5.41) is 14.3. The minimum absolute atomic E-state index is 0. The lowest BCUT2D eigenvalue weighted by Gasteiger charge is -2.18. The first-order valence-corrected chi connectivity index (χ1v) is 7.59. The Bertz CT molecular complexity index is 658. The van der Waals surface area contributed by atoms with Crippen molar-refractivity contribution in [2.75, 3.05) is 13.6 Å². The number of benzene rings is 1. The van der Waals surface area contributed by atoms with E-state index < -0.39 is 0 Å². The highest BCUT2D eigenvalue weighted by Gasteiger charge is 2.07. The van der Waals surface area contributed by atoms with E-state index in [0.29, 0.717) is 19.0 Å². The molecule has 1 heterocycles. The number of hydrogen-bond acceptors (Lipinski definition) is 4. The lowest BCUT2D eigenvalue weighted by atomic mass is 10.2. The Morgan fingerprint density at radius 3 is 2.79 bits per heavy atom. The van der Waals surface area contributed by atoms with E-state index in [-0.39, 0.29) is 30.1 Å². The lowest BCUT2D eigenvalue weighted by molar-refractivity contribution is 0.223. The molecule has 8 heteroatoms. The zero-order valence-corrected chi connectivity index (χ0v) is 16.8. The minimum Gasteiger partial charge on any atom is -0.489 e. The number of halogens is 1. The second kappa shape index (κ2) is 10.1. The van der Waals surface area contributed by atoms with Gasteiger partial charge in [0.1, 0.15) is 18.2 Å². The first-order chi connectivity index (χ1) is 11.1. The molecular weight excluding hydrogens is 419 g/mol. The van der Waals surface area contributed by atoms with Gasteiger partial charge in [-0.15, -0.1) is 34.2 Å². The summed E-state index contributed by atoms with van der Waals surface area (Å²) in [6.45, 7) is 5.27. The second-order valence-electron chi connectivity index (χ2n) is 5.41. The van der Waals surface area contributed by atoms with Crippen molar-refractivity contribution < 1.29 is 4.74 Å². The van der Waals surface area contributed by atoms with Gasteiger partial charge in [-0.25, -0.2) is 0 Å². The molecular formula is C16H25IN6O. The lowest BCUT2D eigenvalue weighted by Crippen LogP contribution is -2.41. The standard InChI is InChI=1S/C16H24N6O.HI/c1-12-6-5-7-14(8-12)23-13(2)9-18-16(17-3)19-10-15-21-20-11-22(15)4;/h5-8,11,13H,9-10H2,1-4H3,(H2,17,18,19);1H. The average Bonchev–Trinajstić information content (AvgIpc) is 2.93. The number of rotatable bonds is 6. The van der Waals surface area contributed by atoms with Crippen LogP contribution in [0.1, 0.15) is 18.3 Å². The molecule has 0 saturated heterocycles. The van der Waals surface area contributed by atoms with Gasteiger partial charge in [-0.05, 0) is 31.5 Å². The van der Waals surface area contributed by atoms with Crippen LogP contribution in [-0.2, 0) is 13.6 Å². The van der Waals surface area contributed by atoms with Crippen molar-refractivity contribution in [2.45, 2.75) is 26.5 Å². The van der Waals surface area contributed by atoms with E-state index in [1.54, 1.807) is 13.4 Å². The van der Waals surface area contributed by atoms with Crippen molar-refractivity contribution in [2.24, 2.45) is 12.0 Å². The molecule has 0 bridgehead atoms. The number of hydrogen-bond donors (Lipinski definition) is 2. The molecule has 1 aromatic heterocycles. The number of aryl methyl sites for hydroxylation is 2. The SMILES string of the molecule is CN=C(NCc1nncn1C)NCC(C)Oc1cccc(C)c1.I. The van der Waals surface area contributed by atoms with Gasteiger partial charge in [0.05, 0.1) is 13.1 Å². The highest BCUT2D eigenvalue weighted by atomic mass is 127. The first kappa shape index (κ1) is 20.2. The van der Waals surface area contributed by atoms with Crippen LogP contribution >= 0.6 is 24.0 Å². The van der Waals surface area contributed by atoms with Gasteiger partial charge in [-0.1, -0.05) is 12.1 Å². The number of aliphatic imine (C=N–C) groups is 1. The van der Waals surface area contributed by atoms with Gasteiger partial charge in [-0.2, -0.15) is 0 Å². The van der Waals surface area contributed by atoms with Crippen molar-refractivity contribution in [1.82, 2.24) is 25.4 Å². The number of guanidine groups is 1. The van der Waals surface area contributed by atoms with Crippen LogP contribution in [0.25, 0.3) is 0 Å². The Labute approximate surface area is 159 Å². The van der Waals surface area contributed by atoms with Crippen molar-refractivity contribution in [3.05, 3.63) is 42.0 Å². The maximum Gasteiger partial charge on any atom is 0.191 e. The third-order valence-electron chi connectivity index (χ3n) is 3.33. The van der Waals surface area contributed by atoms with E-state index >= 15 is 0 Å². The first-order valence-electron chi connectivity index (χ1n) is 7.59. The summed E-state index contributed by atoms with van der Waals surface area (Å²) in [5.74, 6) is 2.42. The topological polar surface area (TPSA) is 76.4 Å². The van der Waals surface area contributed by atoms with Gasteiger partial charge in [0, 0.05) is 14.1 Å². The van der Waals surface area contributed by atoms with E-state index in [0.717, 1.165) is 11.6 Å². The van der Waals surface area contributed by atoms with E-state index in [2.05, 4.69) is 25.8 Å².